The molecule has 5 nitrogen and oxygen atoms in total. The summed E-state index contributed by atoms with van der Waals surface area (Å²) in [4.78, 5) is 0. The molecule has 0 saturated carbocycles. The van der Waals surface area contributed by atoms with Gasteiger partial charge in [-0.25, -0.2) is 0 Å². The fourth-order valence-corrected chi connectivity index (χ4v) is 3.04. The van der Waals surface area contributed by atoms with Gasteiger partial charge < -0.3 is 23.7 Å². The minimum absolute atomic E-state index is 0.293. The zero-order valence-corrected chi connectivity index (χ0v) is 15.8. The van der Waals surface area contributed by atoms with Gasteiger partial charge in [-0.05, 0) is 37.8 Å². The molecule has 2 unspecified atom stereocenters. The highest BCUT2D eigenvalue weighted by molar-refractivity contribution is 5.33. The second-order valence-corrected chi connectivity index (χ2v) is 6.71. The first-order valence-electron chi connectivity index (χ1n) is 9.49. The van der Waals surface area contributed by atoms with Crippen LogP contribution in [0.2, 0.25) is 0 Å². The Morgan fingerprint density at radius 2 is 1.68 bits per heavy atom. The third-order valence-electron chi connectivity index (χ3n) is 4.54. The summed E-state index contributed by atoms with van der Waals surface area (Å²) in [6.45, 7) is 12.8. The van der Waals surface area contributed by atoms with E-state index in [-0.39, 0.29) is 5.41 Å². The predicted octanol–water partition coefficient (Wildman–Crippen LogP) is 3.86. The Labute approximate surface area is 152 Å². The Morgan fingerprint density at radius 1 is 1.00 bits per heavy atom. The van der Waals surface area contributed by atoms with Crippen LogP contribution in [-0.2, 0) is 23.7 Å². The number of hydrogen-bond acceptors (Lipinski definition) is 5. The second kappa shape index (κ2) is 10.8. The molecule has 5 heteroatoms. The number of fused-ring (bicyclic) bond motifs is 1. The molecule has 1 aliphatic carbocycles. The third kappa shape index (κ3) is 6.32. The molecule has 0 aromatic heterocycles. The molecule has 1 saturated heterocycles. The van der Waals surface area contributed by atoms with E-state index in [2.05, 4.69) is 32.9 Å². The maximum atomic E-state index is 5.85. The van der Waals surface area contributed by atoms with Crippen LogP contribution >= 0.6 is 0 Å². The first-order valence-corrected chi connectivity index (χ1v) is 9.49. The van der Waals surface area contributed by atoms with Gasteiger partial charge in [0.25, 0.3) is 0 Å². The van der Waals surface area contributed by atoms with Crippen molar-refractivity contribution < 1.29 is 23.7 Å². The molecule has 1 heterocycles. The molecule has 1 radical (unpaired) electrons. The van der Waals surface area contributed by atoms with Crippen molar-refractivity contribution in [2.45, 2.75) is 39.5 Å². The molecule has 0 spiro atoms. The van der Waals surface area contributed by atoms with Crippen LogP contribution in [0.3, 0.4) is 0 Å². The van der Waals surface area contributed by atoms with Crippen LogP contribution in [0.1, 0.15) is 39.5 Å². The topological polar surface area (TPSA) is 46.2 Å². The fourth-order valence-electron chi connectivity index (χ4n) is 3.04. The lowest BCUT2D eigenvalue weighted by atomic mass is 9.72. The fraction of sp³-hybridized carbons (Fsp3) is 0.750. The van der Waals surface area contributed by atoms with Gasteiger partial charge in [0.2, 0.25) is 6.79 Å². The first-order chi connectivity index (χ1) is 12.2. The summed E-state index contributed by atoms with van der Waals surface area (Å²) in [6, 6.07) is 0. The first kappa shape index (κ1) is 20.3. The molecule has 0 amide bonds. The van der Waals surface area contributed by atoms with E-state index in [1.807, 2.05) is 0 Å². The molecular weight excluding hydrogens is 320 g/mol. The SMILES string of the molecule is [CH2]C1(COCCOCCOCCCC)C=C2OCOC2=CC1CCC. The van der Waals surface area contributed by atoms with Crippen LogP contribution in [0.15, 0.2) is 23.7 Å². The van der Waals surface area contributed by atoms with Gasteiger partial charge in [0.15, 0.2) is 11.5 Å². The van der Waals surface area contributed by atoms with E-state index in [4.69, 9.17) is 23.7 Å². The van der Waals surface area contributed by atoms with E-state index in [1.54, 1.807) is 0 Å². The molecule has 0 bridgehead atoms. The second-order valence-electron chi connectivity index (χ2n) is 6.71. The Kier molecular flexibility index (Phi) is 8.79. The van der Waals surface area contributed by atoms with Crippen molar-refractivity contribution in [1.29, 1.82) is 0 Å². The standard InChI is InChI=1S/C20H33O5/c1-4-6-8-21-9-10-22-11-12-23-15-20(3)14-19-18(24-16-25-19)13-17(20)7-5-2/h13-14,17H,3-12,15-16H2,1-2H3. The lowest BCUT2D eigenvalue weighted by molar-refractivity contribution is -0.00245. The molecule has 2 rings (SSSR count). The maximum absolute atomic E-state index is 5.85. The van der Waals surface area contributed by atoms with E-state index < -0.39 is 0 Å². The van der Waals surface area contributed by atoms with E-state index in [0.717, 1.165) is 43.8 Å². The molecule has 0 aromatic carbocycles. The molecule has 143 valence electrons. The number of ether oxygens (including phenoxy) is 5. The quantitative estimate of drug-likeness (QED) is 0.471. The van der Waals surface area contributed by atoms with Gasteiger partial charge in [-0.15, -0.1) is 0 Å². The van der Waals surface area contributed by atoms with Crippen LogP contribution in [-0.4, -0.2) is 46.4 Å². The van der Waals surface area contributed by atoms with E-state index in [0.29, 0.717) is 45.7 Å². The number of hydrogen-bond donors (Lipinski definition) is 0. The summed E-state index contributed by atoms with van der Waals surface area (Å²) >= 11 is 0. The average molecular weight is 353 g/mol. The van der Waals surface area contributed by atoms with Crippen molar-refractivity contribution >= 4 is 0 Å². The Bertz CT molecular complexity index is 445. The van der Waals surface area contributed by atoms with Crippen LogP contribution in [0.25, 0.3) is 0 Å². The van der Waals surface area contributed by atoms with Crippen molar-refractivity contribution in [2.24, 2.45) is 11.3 Å². The zero-order valence-electron chi connectivity index (χ0n) is 15.8. The van der Waals surface area contributed by atoms with E-state index in [9.17, 15) is 0 Å². The number of allylic oxidation sites excluding steroid dienone is 1. The molecule has 2 aliphatic rings. The molecule has 0 aromatic rings. The van der Waals surface area contributed by atoms with Crippen molar-refractivity contribution in [3.63, 3.8) is 0 Å². The number of unbranched alkanes of at least 4 members (excludes halogenated alkanes) is 1. The highest BCUT2D eigenvalue weighted by atomic mass is 16.7. The monoisotopic (exact) mass is 353 g/mol. The van der Waals surface area contributed by atoms with E-state index in [1.165, 1.54) is 0 Å². The Balaban J connectivity index is 1.65. The smallest absolute Gasteiger partial charge is 0.231 e. The molecule has 0 N–H and O–H groups in total. The van der Waals surface area contributed by atoms with Gasteiger partial charge >= 0.3 is 0 Å². The highest BCUT2D eigenvalue weighted by Gasteiger charge is 2.38. The average Bonchev–Trinajstić information content (AvgIpc) is 3.04. The summed E-state index contributed by atoms with van der Waals surface area (Å²) in [6.07, 6.45) is 8.62. The van der Waals surface area contributed by atoms with Crippen LogP contribution in [0.5, 0.6) is 0 Å². The molecule has 25 heavy (non-hydrogen) atoms. The lowest BCUT2D eigenvalue weighted by Crippen LogP contribution is -2.33. The Hall–Kier alpha value is -1.04. The van der Waals surface area contributed by atoms with Gasteiger partial charge in [0, 0.05) is 12.0 Å². The van der Waals surface area contributed by atoms with Crippen molar-refractivity contribution in [3.05, 3.63) is 30.6 Å². The normalized spacial score (nSPS) is 25.0. The van der Waals surface area contributed by atoms with Crippen LogP contribution < -0.4 is 0 Å². The molecular formula is C20H33O5. The number of rotatable bonds is 13. The van der Waals surface area contributed by atoms with Crippen molar-refractivity contribution in [3.8, 4) is 0 Å². The molecule has 1 fully saturated rings. The lowest BCUT2D eigenvalue weighted by Gasteiger charge is -2.35. The summed E-state index contributed by atoms with van der Waals surface area (Å²) in [5, 5.41) is 0. The van der Waals surface area contributed by atoms with Gasteiger partial charge in [0.1, 0.15) is 0 Å². The van der Waals surface area contributed by atoms with Gasteiger partial charge in [0.05, 0.1) is 33.0 Å². The molecule has 2 atom stereocenters. The zero-order chi connectivity index (χ0) is 18.0. The van der Waals surface area contributed by atoms with Crippen molar-refractivity contribution in [2.75, 3.05) is 46.4 Å². The third-order valence-corrected chi connectivity index (χ3v) is 4.54. The van der Waals surface area contributed by atoms with Crippen molar-refractivity contribution in [1.82, 2.24) is 0 Å². The van der Waals surface area contributed by atoms with Crippen LogP contribution in [0.4, 0.5) is 0 Å². The Morgan fingerprint density at radius 3 is 2.40 bits per heavy atom. The van der Waals surface area contributed by atoms with E-state index >= 15 is 0 Å². The summed E-state index contributed by atoms with van der Waals surface area (Å²) in [5.74, 6) is 1.95. The van der Waals surface area contributed by atoms with Gasteiger partial charge in [-0.1, -0.05) is 26.7 Å². The minimum Gasteiger partial charge on any atom is -0.454 e. The summed E-state index contributed by atoms with van der Waals surface area (Å²) < 4.78 is 27.9. The van der Waals surface area contributed by atoms with Gasteiger partial charge in [-0.2, -0.15) is 0 Å². The summed E-state index contributed by atoms with van der Waals surface area (Å²) in [5.41, 5.74) is -0.314. The predicted molar refractivity (Wildman–Crippen MR) is 96.8 cm³/mol. The largest absolute Gasteiger partial charge is 0.454 e. The minimum atomic E-state index is -0.314. The molecule has 1 aliphatic heterocycles. The van der Waals surface area contributed by atoms with Gasteiger partial charge in [-0.3, -0.25) is 0 Å². The summed E-state index contributed by atoms with van der Waals surface area (Å²) in [7, 11) is 0. The van der Waals surface area contributed by atoms with Crippen LogP contribution in [0, 0.1) is 18.3 Å². The highest BCUT2D eigenvalue weighted by Crippen LogP contribution is 2.42. The maximum Gasteiger partial charge on any atom is 0.231 e.